The summed E-state index contributed by atoms with van der Waals surface area (Å²) in [4.78, 5) is 0. The maximum Gasteiger partial charge on any atom is 0.233 e. The van der Waals surface area contributed by atoms with Gasteiger partial charge in [-0.2, -0.15) is 9.28 Å². The van der Waals surface area contributed by atoms with Crippen molar-refractivity contribution in [2.24, 2.45) is 4.02 Å². The Kier molecular flexibility index (Phi) is 4.67. The maximum atomic E-state index is 10.1. The quantitative estimate of drug-likeness (QED) is 0.435. The third-order valence-electron chi connectivity index (χ3n) is 4.82. The Balaban J connectivity index is 2.09. The number of rotatable bonds is 2. The van der Waals surface area contributed by atoms with Crippen LogP contribution in [-0.2, 0) is 0 Å². The number of nitriles is 1. The molecule has 0 amide bonds. The van der Waals surface area contributed by atoms with Crippen LogP contribution in [0, 0.1) is 11.3 Å². The van der Waals surface area contributed by atoms with Gasteiger partial charge in [0.1, 0.15) is 11.5 Å². The summed E-state index contributed by atoms with van der Waals surface area (Å²) >= 11 is 6.75. The summed E-state index contributed by atoms with van der Waals surface area (Å²) in [6.45, 7) is 0. The van der Waals surface area contributed by atoms with E-state index in [4.69, 9.17) is 9.47 Å². The van der Waals surface area contributed by atoms with Gasteiger partial charge in [-0.1, -0.05) is 70.5 Å². The Hall–Kier alpha value is -2.36. The summed E-state index contributed by atoms with van der Waals surface area (Å²) in [5.74, 6) is 1.29. The van der Waals surface area contributed by atoms with Crippen LogP contribution in [0.4, 0.5) is 0 Å². The van der Waals surface area contributed by atoms with Crippen LogP contribution in [0.2, 0.25) is 0 Å². The van der Waals surface area contributed by atoms with Crippen LogP contribution in [0.5, 0.6) is 11.5 Å². The molecule has 0 radical (unpaired) electrons. The van der Waals surface area contributed by atoms with Gasteiger partial charge in [-0.25, -0.2) is 0 Å². The Bertz CT molecular complexity index is 1110. The van der Waals surface area contributed by atoms with E-state index in [-0.39, 0.29) is 11.8 Å². The molecule has 0 spiro atoms. The Morgan fingerprint density at radius 3 is 2.56 bits per heavy atom. The second-order valence-corrected chi connectivity index (χ2v) is 7.80. The standard InChI is InChI=1S/C21H14Br2N2O2/c1-26-17-9-5-4-8-15(17)18-16-11-10-13-6-2-3-7-14(13)19(16)27-20(25-23)21(18,22)12-24/h2-11,18H,1H3. The van der Waals surface area contributed by atoms with Crippen molar-refractivity contribution in [2.75, 3.05) is 7.11 Å². The number of ether oxygens (including phenoxy) is 2. The molecule has 0 fully saturated rings. The van der Waals surface area contributed by atoms with E-state index in [0.717, 1.165) is 21.9 Å². The number of benzene rings is 3. The lowest BCUT2D eigenvalue weighted by Gasteiger charge is -2.37. The van der Waals surface area contributed by atoms with Gasteiger partial charge in [-0.15, -0.1) is 0 Å². The molecule has 0 bridgehead atoms. The number of hydrogen-bond acceptors (Lipinski definition) is 4. The van der Waals surface area contributed by atoms with Crippen molar-refractivity contribution in [3.63, 3.8) is 0 Å². The first-order chi connectivity index (χ1) is 13.1. The third-order valence-corrected chi connectivity index (χ3v) is 6.11. The third kappa shape index (κ3) is 2.73. The lowest BCUT2D eigenvalue weighted by Crippen LogP contribution is -2.44. The number of nitrogens with zero attached hydrogens (tertiary/aromatic N) is 2. The summed E-state index contributed by atoms with van der Waals surface area (Å²) in [7, 11) is 1.63. The highest BCUT2D eigenvalue weighted by Crippen LogP contribution is 2.52. The van der Waals surface area contributed by atoms with Gasteiger partial charge in [0.25, 0.3) is 0 Å². The number of fused-ring (bicyclic) bond motifs is 3. The molecule has 1 aliphatic heterocycles. The summed E-state index contributed by atoms with van der Waals surface area (Å²) in [6, 6.07) is 22.1. The highest BCUT2D eigenvalue weighted by Gasteiger charge is 2.51. The van der Waals surface area contributed by atoms with Gasteiger partial charge >= 0.3 is 0 Å². The topological polar surface area (TPSA) is 54.6 Å². The van der Waals surface area contributed by atoms with Crippen LogP contribution < -0.4 is 9.47 Å². The van der Waals surface area contributed by atoms with E-state index in [1.54, 1.807) is 7.11 Å². The van der Waals surface area contributed by atoms with Crippen molar-refractivity contribution >= 4 is 48.7 Å². The SMILES string of the molecule is COc1ccccc1C1c2ccc3ccccc3c2OC(=NBr)C1(Br)C#N. The smallest absolute Gasteiger partial charge is 0.233 e. The summed E-state index contributed by atoms with van der Waals surface area (Å²) in [5, 5.41) is 12.1. The van der Waals surface area contributed by atoms with Gasteiger partial charge in [-0.3, -0.25) is 0 Å². The molecule has 0 aromatic heterocycles. The fraction of sp³-hybridized carbons (Fsp3) is 0.143. The Labute approximate surface area is 173 Å². The van der Waals surface area contributed by atoms with Gasteiger partial charge in [0, 0.05) is 16.5 Å². The second-order valence-electron chi connectivity index (χ2n) is 6.20. The van der Waals surface area contributed by atoms with Gasteiger partial charge in [-0.05, 0) is 11.5 Å². The van der Waals surface area contributed by atoms with E-state index < -0.39 is 4.32 Å². The normalized spacial score (nSPS) is 22.7. The first-order valence-electron chi connectivity index (χ1n) is 8.26. The van der Waals surface area contributed by atoms with Gasteiger partial charge in [0.05, 0.1) is 35.2 Å². The van der Waals surface area contributed by atoms with E-state index in [9.17, 15) is 5.26 Å². The minimum atomic E-state index is -1.18. The summed E-state index contributed by atoms with van der Waals surface area (Å²) in [5.41, 5.74) is 1.78. The highest BCUT2D eigenvalue weighted by atomic mass is 79.9. The molecule has 0 saturated carbocycles. The fourth-order valence-corrected chi connectivity index (χ4v) is 4.84. The number of methoxy groups -OCH3 is 1. The molecule has 2 unspecified atom stereocenters. The molecule has 4 nitrogen and oxygen atoms in total. The van der Waals surface area contributed by atoms with Crippen LogP contribution in [0.3, 0.4) is 0 Å². The molecular weight excluding hydrogens is 472 g/mol. The molecule has 3 aromatic rings. The molecule has 3 aromatic carbocycles. The second kappa shape index (κ2) is 6.99. The molecule has 4 rings (SSSR count). The van der Waals surface area contributed by atoms with Crippen LogP contribution >= 0.6 is 32.1 Å². The predicted octanol–water partition coefficient (Wildman–Crippen LogP) is 5.74. The molecule has 0 N–H and O–H groups in total. The zero-order chi connectivity index (χ0) is 19.0. The van der Waals surface area contributed by atoms with E-state index in [0.29, 0.717) is 11.5 Å². The zero-order valence-electron chi connectivity index (χ0n) is 14.3. The molecular formula is C21H14Br2N2O2. The lowest BCUT2D eigenvalue weighted by atomic mass is 9.77. The van der Waals surface area contributed by atoms with Crippen molar-refractivity contribution in [1.82, 2.24) is 0 Å². The van der Waals surface area contributed by atoms with E-state index in [1.165, 1.54) is 0 Å². The number of para-hydroxylation sites is 1. The van der Waals surface area contributed by atoms with Crippen LogP contribution in [0.15, 0.2) is 64.7 Å². The molecule has 0 saturated heterocycles. The van der Waals surface area contributed by atoms with E-state index in [2.05, 4.69) is 42.2 Å². The fourth-order valence-electron chi connectivity index (χ4n) is 3.59. The number of halogens is 2. The zero-order valence-corrected chi connectivity index (χ0v) is 17.5. The predicted molar refractivity (Wildman–Crippen MR) is 113 cm³/mol. The molecule has 27 heavy (non-hydrogen) atoms. The molecule has 134 valence electrons. The molecule has 1 heterocycles. The number of hydrogen-bond donors (Lipinski definition) is 0. The van der Waals surface area contributed by atoms with Crippen LogP contribution in [-0.4, -0.2) is 17.3 Å². The van der Waals surface area contributed by atoms with Gasteiger partial charge in [0.15, 0.2) is 4.32 Å². The molecule has 6 heteroatoms. The van der Waals surface area contributed by atoms with Crippen molar-refractivity contribution in [3.8, 4) is 17.6 Å². The largest absolute Gasteiger partial charge is 0.496 e. The van der Waals surface area contributed by atoms with Crippen molar-refractivity contribution < 1.29 is 9.47 Å². The Morgan fingerprint density at radius 2 is 1.81 bits per heavy atom. The highest BCUT2D eigenvalue weighted by molar-refractivity contribution is 9.10. The average Bonchev–Trinajstić information content (AvgIpc) is 2.73. The van der Waals surface area contributed by atoms with Crippen LogP contribution in [0.25, 0.3) is 10.8 Å². The van der Waals surface area contributed by atoms with Gasteiger partial charge < -0.3 is 9.47 Å². The van der Waals surface area contributed by atoms with Crippen molar-refractivity contribution in [3.05, 3.63) is 71.8 Å². The van der Waals surface area contributed by atoms with Gasteiger partial charge in [0.2, 0.25) is 5.90 Å². The lowest BCUT2D eigenvalue weighted by molar-refractivity contribution is 0.403. The molecule has 0 aliphatic carbocycles. The Morgan fingerprint density at radius 1 is 1.07 bits per heavy atom. The molecule has 1 aliphatic rings. The summed E-state index contributed by atoms with van der Waals surface area (Å²) < 4.78 is 14.6. The van der Waals surface area contributed by atoms with Crippen molar-refractivity contribution in [1.29, 1.82) is 5.26 Å². The van der Waals surface area contributed by atoms with Crippen LogP contribution in [0.1, 0.15) is 17.0 Å². The summed E-state index contributed by atoms with van der Waals surface area (Å²) in [6.07, 6.45) is 0. The minimum absolute atomic E-state index is 0.254. The number of alkyl halides is 1. The maximum absolute atomic E-state index is 10.1. The molecule has 2 atom stereocenters. The first kappa shape index (κ1) is 18.0. The van der Waals surface area contributed by atoms with Crippen molar-refractivity contribution in [2.45, 2.75) is 10.2 Å². The minimum Gasteiger partial charge on any atom is -0.496 e. The monoisotopic (exact) mass is 484 g/mol. The van der Waals surface area contributed by atoms with E-state index >= 15 is 0 Å². The first-order valence-corrected chi connectivity index (χ1v) is 9.76. The van der Waals surface area contributed by atoms with E-state index in [1.807, 2.05) is 60.7 Å². The average molecular weight is 486 g/mol.